The number of aryl methyl sites for hydroxylation is 1. The van der Waals surface area contributed by atoms with E-state index >= 15 is 0 Å². The van der Waals surface area contributed by atoms with Crippen LogP contribution in [-0.4, -0.2) is 43.5 Å². The van der Waals surface area contributed by atoms with Crippen molar-refractivity contribution in [2.24, 2.45) is 0 Å². The fourth-order valence-electron chi connectivity index (χ4n) is 2.66. The Labute approximate surface area is 171 Å². The summed E-state index contributed by atoms with van der Waals surface area (Å²) in [5.41, 5.74) is 4.17. The molecular weight excluding hydrogens is 366 g/mol. The quantitative estimate of drug-likeness (QED) is 0.700. The predicted octanol–water partition coefficient (Wildman–Crippen LogP) is 3.30. The fraction of sp³-hybridized carbons (Fsp3) is 0.261. The second kappa shape index (κ2) is 10.8. The van der Waals surface area contributed by atoms with Gasteiger partial charge < -0.3 is 15.0 Å². The van der Waals surface area contributed by atoms with Gasteiger partial charge in [-0.3, -0.25) is 9.59 Å². The average molecular weight is 391 g/mol. The van der Waals surface area contributed by atoms with Gasteiger partial charge in [-0.2, -0.15) is 5.26 Å². The number of nitriles is 1. The molecule has 0 saturated heterocycles. The third kappa shape index (κ3) is 6.59. The highest BCUT2D eigenvalue weighted by molar-refractivity contribution is 5.98. The largest absolute Gasteiger partial charge is 0.383 e. The molecule has 0 fully saturated rings. The van der Waals surface area contributed by atoms with Crippen LogP contribution in [0.4, 0.5) is 5.69 Å². The number of hydrogen-bond acceptors (Lipinski definition) is 4. The summed E-state index contributed by atoms with van der Waals surface area (Å²) in [6, 6.07) is 14.6. The maximum Gasteiger partial charge on any atom is 0.247 e. The number of nitrogens with zero attached hydrogens (tertiary/aromatic N) is 2. The predicted molar refractivity (Wildman–Crippen MR) is 113 cm³/mol. The number of carbonyl (C=O) groups excluding carboxylic acids is 2. The Bertz CT molecular complexity index is 927. The summed E-state index contributed by atoms with van der Waals surface area (Å²) in [6.07, 6.45) is 3.08. The molecule has 2 aromatic rings. The number of carbonyl (C=O) groups is 2. The van der Waals surface area contributed by atoms with Crippen LogP contribution in [-0.2, 0) is 14.3 Å². The number of methoxy groups -OCH3 is 1. The monoisotopic (exact) mass is 391 g/mol. The van der Waals surface area contributed by atoms with E-state index in [1.165, 1.54) is 11.0 Å². The molecule has 6 nitrogen and oxygen atoms in total. The zero-order valence-electron chi connectivity index (χ0n) is 16.9. The summed E-state index contributed by atoms with van der Waals surface area (Å²) in [5, 5.41) is 11.7. The van der Waals surface area contributed by atoms with Crippen LogP contribution >= 0.6 is 0 Å². The molecule has 2 aromatic carbocycles. The van der Waals surface area contributed by atoms with Crippen molar-refractivity contribution in [1.82, 2.24) is 4.90 Å². The van der Waals surface area contributed by atoms with Gasteiger partial charge in [0.1, 0.15) is 6.54 Å². The van der Waals surface area contributed by atoms with Gasteiger partial charge in [0.05, 0.1) is 18.2 Å². The van der Waals surface area contributed by atoms with E-state index in [1.54, 1.807) is 37.5 Å². The first-order valence-corrected chi connectivity index (χ1v) is 9.26. The van der Waals surface area contributed by atoms with Gasteiger partial charge in [0, 0.05) is 25.4 Å². The minimum Gasteiger partial charge on any atom is -0.383 e. The van der Waals surface area contributed by atoms with Crippen LogP contribution in [0.5, 0.6) is 0 Å². The van der Waals surface area contributed by atoms with Crippen molar-refractivity contribution in [3.63, 3.8) is 0 Å². The van der Waals surface area contributed by atoms with Gasteiger partial charge in [0.25, 0.3) is 0 Å². The lowest BCUT2D eigenvalue weighted by molar-refractivity contribution is -0.131. The molecule has 0 radical (unpaired) electrons. The number of benzene rings is 2. The molecule has 0 saturated carbocycles. The van der Waals surface area contributed by atoms with Crippen molar-refractivity contribution < 1.29 is 14.3 Å². The van der Waals surface area contributed by atoms with E-state index < -0.39 is 0 Å². The van der Waals surface area contributed by atoms with Gasteiger partial charge in [-0.1, -0.05) is 24.3 Å². The Hall–Kier alpha value is -3.43. The molecule has 2 rings (SSSR count). The first kappa shape index (κ1) is 21.9. The third-order valence-corrected chi connectivity index (χ3v) is 4.55. The molecular formula is C23H25N3O3. The Balaban J connectivity index is 2.05. The van der Waals surface area contributed by atoms with Gasteiger partial charge in [-0.05, 0) is 54.8 Å². The van der Waals surface area contributed by atoms with Gasteiger partial charge in [0.15, 0.2) is 0 Å². The van der Waals surface area contributed by atoms with E-state index in [-0.39, 0.29) is 18.4 Å². The van der Waals surface area contributed by atoms with Gasteiger partial charge in [-0.15, -0.1) is 0 Å². The van der Waals surface area contributed by atoms with Gasteiger partial charge in [0.2, 0.25) is 11.8 Å². The Morgan fingerprint density at radius 3 is 2.55 bits per heavy atom. The molecule has 1 N–H and O–H groups in total. The highest BCUT2D eigenvalue weighted by Gasteiger charge is 2.16. The van der Waals surface area contributed by atoms with Crippen molar-refractivity contribution in [3.8, 4) is 6.07 Å². The van der Waals surface area contributed by atoms with Crippen LogP contribution in [0.25, 0.3) is 6.08 Å². The summed E-state index contributed by atoms with van der Waals surface area (Å²) in [7, 11) is 1.55. The molecule has 29 heavy (non-hydrogen) atoms. The standard InChI is InChI=1S/C23H25N3O3/c1-17-5-4-6-21(18(17)2)25-22(27)16-26(13-14-29-3)23(28)12-11-19-7-9-20(15-24)10-8-19/h4-12H,13-14,16H2,1-3H3,(H,25,27). The SMILES string of the molecule is COCCN(CC(=O)Nc1cccc(C)c1C)C(=O)C=Cc1ccc(C#N)cc1. The summed E-state index contributed by atoms with van der Waals surface area (Å²) < 4.78 is 5.07. The fourth-order valence-corrected chi connectivity index (χ4v) is 2.66. The van der Waals surface area contributed by atoms with Crippen molar-refractivity contribution in [2.45, 2.75) is 13.8 Å². The molecule has 0 unspecified atom stereocenters. The summed E-state index contributed by atoms with van der Waals surface area (Å²) in [5.74, 6) is -0.558. The van der Waals surface area contributed by atoms with Crippen molar-refractivity contribution in [2.75, 3.05) is 32.1 Å². The zero-order valence-corrected chi connectivity index (χ0v) is 16.9. The highest BCUT2D eigenvalue weighted by Crippen LogP contribution is 2.17. The van der Waals surface area contributed by atoms with Gasteiger partial charge in [-0.25, -0.2) is 0 Å². The minimum absolute atomic E-state index is 0.0761. The number of amides is 2. The average Bonchev–Trinajstić information content (AvgIpc) is 2.73. The number of hydrogen-bond donors (Lipinski definition) is 1. The van der Waals surface area contributed by atoms with Gasteiger partial charge >= 0.3 is 0 Å². The van der Waals surface area contributed by atoms with E-state index in [2.05, 4.69) is 11.4 Å². The molecule has 0 bridgehead atoms. The lowest BCUT2D eigenvalue weighted by Crippen LogP contribution is -2.39. The molecule has 0 atom stereocenters. The molecule has 2 amide bonds. The minimum atomic E-state index is -0.289. The molecule has 0 aromatic heterocycles. The topological polar surface area (TPSA) is 82.4 Å². The number of ether oxygens (including phenoxy) is 1. The third-order valence-electron chi connectivity index (χ3n) is 4.55. The Morgan fingerprint density at radius 1 is 1.17 bits per heavy atom. The van der Waals surface area contributed by atoms with Crippen LogP contribution < -0.4 is 5.32 Å². The molecule has 0 spiro atoms. The van der Waals surface area contributed by atoms with Crippen molar-refractivity contribution in [3.05, 3.63) is 70.8 Å². The zero-order chi connectivity index (χ0) is 21.2. The van der Waals surface area contributed by atoms with Crippen molar-refractivity contribution >= 4 is 23.6 Å². The van der Waals surface area contributed by atoms with Crippen molar-refractivity contribution in [1.29, 1.82) is 5.26 Å². The summed E-state index contributed by atoms with van der Waals surface area (Å²) >= 11 is 0. The number of anilines is 1. The van der Waals surface area contributed by atoms with Crippen LogP contribution in [0.15, 0.2) is 48.5 Å². The normalized spacial score (nSPS) is 10.6. The molecule has 0 heterocycles. The maximum atomic E-state index is 12.6. The maximum absolute atomic E-state index is 12.6. The second-order valence-corrected chi connectivity index (χ2v) is 6.62. The summed E-state index contributed by atoms with van der Waals surface area (Å²) in [4.78, 5) is 26.5. The Morgan fingerprint density at radius 2 is 1.90 bits per heavy atom. The smallest absolute Gasteiger partial charge is 0.247 e. The van der Waals surface area contributed by atoms with E-state index in [0.717, 1.165) is 22.4 Å². The number of nitrogens with one attached hydrogen (secondary N) is 1. The van der Waals surface area contributed by atoms with Crippen LogP contribution in [0.1, 0.15) is 22.3 Å². The summed E-state index contributed by atoms with van der Waals surface area (Å²) in [6.45, 7) is 4.47. The van der Waals surface area contributed by atoms with E-state index in [0.29, 0.717) is 18.7 Å². The highest BCUT2D eigenvalue weighted by atomic mass is 16.5. The van der Waals surface area contributed by atoms with Crippen LogP contribution in [0.2, 0.25) is 0 Å². The number of rotatable bonds is 8. The van der Waals surface area contributed by atoms with Crippen LogP contribution in [0.3, 0.4) is 0 Å². The van der Waals surface area contributed by atoms with E-state index in [1.807, 2.05) is 32.0 Å². The first-order valence-electron chi connectivity index (χ1n) is 9.26. The second-order valence-electron chi connectivity index (χ2n) is 6.62. The molecule has 6 heteroatoms. The molecule has 0 aliphatic heterocycles. The molecule has 150 valence electrons. The molecule has 0 aliphatic carbocycles. The van der Waals surface area contributed by atoms with E-state index in [9.17, 15) is 9.59 Å². The Kier molecular flexibility index (Phi) is 8.13. The van der Waals surface area contributed by atoms with E-state index in [4.69, 9.17) is 10.00 Å². The first-order chi connectivity index (χ1) is 13.9. The lowest BCUT2D eigenvalue weighted by atomic mass is 10.1. The van der Waals surface area contributed by atoms with Crippen LogP contribution in [0, 0.1) is 25.2 Å². The molecule has 0 aliphatic rings. The lowest BCUT2D eigenvalue weighted by Gasteiger charge is -2.21.